The van der Waals surface area contributed by atoms with Crippen LogP contribution in [0.3, 0.4) is 0 Å². The second-order valence-electron chi connectivity index (χ2n) is 6.27. The van der Waals surface area contributed by atoms with Crippen LogP contribution in [0.1, 0.15) is 45.4 Å². The molecule has 1 N–H and O–H groups in total. The van der Waals surface area contributed by atoms with E-state index >= 15 is 0 Å². The summed E-state index contributed by atoms with van der Waals surface area (Å²) in [7, 11) is 0. The van der Waals surface area contributed by atoms with Crippen molar-refractivity contribution in [1.29, 1.82) is 0 Å². The fraction of sp³-hybridized carbons (Fsp3) is 0.556. The number of fused-ring (bicyclic) bond motifs is 1. The number of nitrogens with zero attached hydrogens (tertiary/aromatic N) is 1. The third-order valence-electron chi connectivity index (χ3n) is 4.62. The van der Waals surface area contributed by atoms with Gasteiger partial charge in [-0.05, 0) is 31.4 Å². The van der Waals surface area contributed by atoms with Gasteiger partial charge in [-0.15, -0.1) is 0 Å². The molecular weight excluding hydrogens is 292 g/mol. The molecule has 1 unspecified atom stereocenters. The zero-order valence-electron chi connectivity index (χ0n) is 13.6. The highest BCUT2D eigenvalue weighted by atomic mass is 16.5. The number of rotatable bonds is 5. The van der Waals surface area contributed by atoms with Gasteiger partial charge < -0.3 is 15.0 Å². The first kappa shape index (κ1) is 15.8. The Bertz CT molecular complexity index is 581. The number of hydrogen-bond donors (Lipinski definition) is 1. The van der Waals surface area contributed by atoms with Crippen LogP contribution in [0.5, 0.6) is 5.75 Å². The van der Waals surface area contributed by atoms with E-state index in [9.17, 15) is 9.59 Å². The van der Waals surface area contributed by atoms with Crippen LogP contribution in [0.2, 0.25) is 0 Å². The summed E-state index contributed by atoms with van der Waals surface area (Å²) in [5, 5.41) is 3.07. The Balaban J connectivity index is 1.65. The maximum absolute atomic E-state index is 12.5. The van der Waals surface area contributed by atoms with Gasteiger partial charge in [0, 0.05) is 19.0 Å². The van der Waals surface area contributed by atoms with Gasteiger partial charge in [0.25, 0.3) is 5.91 Å². The molecule has 5 heteroatoms. The van der Waals surface area contributed by atoms with Crippen molar-refractivity contribution in [3.63, 3.8) is 0 Å². The van der Waals surface area contributed by atoms with Gasteiger partial charge in [-0.25, -0.2) is 0 Å². The molecule has 1 aromatic carbocycles. The normalized spacial score (nSPS) is 21.0. The van der Waals surface area contributed by atoms with Gasteiger partial charge in [-0.2, -0.15) is 0 Å². The zero-order chi connectivity index (χ0) is 16.2. The topological polar surface area (TPSA) is 58.6 Å². The lowest BCUT2D eigenvalue weighted by Crippen LogP contribution is -2.47. The van der Waals surface area contributed by atoms with Gasteiger partial charge in [0.2, 0.25) is 5.91 Å². The Morgan fingerprint density at radius 2 is 2.04 bits per heavy atom. The van der Waals surface area contributed by atoms with E-state index in [4.69, 9.17) is 4.74 Å². The van der Waals surface area contributed by atoms with E-state index in [2.05, 4.69) is 5.32 Å². The molecule has 1 aromatic rings. The van der Waals surface area contributed by atoms with Gasteiger partial charge in [-0.1, -0.05) is 31.9 Å². The monoisotopic (exact) mass is 316 g/mol. The maximum atomic E-state index is 12.5. The highest BCUT2D eigenvalue weighted by molar-refractivity contribution is 6.00. The van der Waals surface area contributed by atoms with E-state index < -0.39 is 6.10 Å². The predicted octanol–water partition coefficient (Wildman–Crippen LogP) is 2.64. The van der Waals surface area contributed by atoms with Crippen LogP contribution in [0.15, 0.2) is 24.3 Å². The first-order valence-corrected chi connectivity index (χ1v) is 8.55. The van der Waals surface area contributed by atoms with Crippen LogP contribution < -0.4 is 15.0 Å². The van der Waals surface area contributed by atoms with Crippen molar-refractivity contribution in [3.8, 4) is 5.75 Å². The molecule has 0 radical (unpaired) electrons. The Morgan fingerprint density at radius 3 is 2.78 bits per heavy atom. The SMILES string of the molecule is CCC1Oc2ccccc2N(CCC(=O)NC2CCCC2)C1=O. The molecule has 3 rings (SSSR count). The lowest BCUT2D eigenvalue weighted by Gasteiger charge is -2.34. The van der Waals surface area contributed by atoms with Crippen molar-refractivity contribution in [1.82, 2.24) is 5.32 Å². The second kappa shape index (κ2) is 7.02. The Morgan fingerprint density at radius 1 is 1.30 bits per heavy atom. The molecule has 1 atom stereocenters. The lowest BCUT2D eigenvalue weighted by atomic mass is 10.1. The van der Waals surface area contributed by atoms with E-state index in [0.717, 1.165) is 24.3 Å². The molecule has 1 aliphatic carbocycles. The standard InChI is InChI=1S/C18H24N2O3/c1-2-15-18(22)20(14-9-5-6-10-16(14)23-15)12-11-17(21)19-13-7-3-4-8-13/h5-6,9-10,13,15H,2-4,7-8,11-12H2,1H3,(H,19,21). The number of benzene rings is 1. The quantitative estimate of drug-likeness (QED) is 0.908. The summed E-state index contributed by atoms with van der Waals surface area (Å²) in [6.45, 7) is 2.33. The van der Waals surface area contributed by atoms with Crippen molar-refractivity contribution in [2.45, 2.75) is 57.6 Å². The molecular formula is C18H24N2O3. The molecule has 2 amide bonds. The first-order chi connectivity index (χ1) is 11.2. The van der Waals surface area contributed by atoms with E-state index in [1.54, 1.807) is 4.90 Å². The molecule has 5 nitrogen and oxygen atoms in total. The van der Waals surface area contributed by atoms with Crippen LogP contribution >= 0.6 is 0 Å². The van der Waals surface area contributed by atoms with Crippen molar-refractivity contribution in [2.24, 2.45) is 0 Å². The summed E-state index contributed by atoms with van der Waals surface area (Å²) in [5.41, 5.74) is 0.760. The van der Waals surface area contributed by atoms with Crippen LogP contribution in [0, 0.1) is 0 Å². The molecule has 1 saturated carbocycles. The number of ether oxygens (including phenoxy) is 1. The molecule has 0 bridgehead atoms. The first-order valence-electron chi connectivity index (χ1n) is 8.55. The highest BCUT2D eigenvalue weighted by Crippen LogP contribution is 2.34. The van der Waals surface area contributed by atoms with E-state index in [0.29, 0.717) is 25.4 Å². The number of carbonyl (C=O) groups excluding carboxylic acids is 2. The van der Waals surface area contributed by atoms with Crippen LogP contribution in [0.4, 0.5) is 5.69 Å². The zero-order valence-corrected chi connectivity index (χ0v) is 13.6. The molecule has 0 saturated heterocycles. The summed E-state index contributed by atoms with van der Waals surface area (Å²) in [5.74, 6) is 0.691. The minimum atomic E-state index is -0.456. The number of anilines is 1. The van der Waals surface area contributed by atoms with Gasteiger partial charge in [-0.3, -0.25) is 9.59 Å². The third kappa shape index (κ3) is 3.49. The summed E-state index contributed by atoms with van der Waals surface area (Å²) < 4.78 is 5.75. The van der Waals surface area contributed by atoms with Crippen molar-refractivity contribution >= 4 is 17.5 Å². The molecule has 0 spiro atoms. The van der Waals surface area contributed by atoms with E-state index in [-0.39, 0.29) is 11.8 Å². The van der Waals surface area contributed by atoms with Crippen molar-refractivity contribution in [3.05, 3.63) is 24.3 Å². The Labute approximate surface area is 137 Å². The lowest BCUT2D eigenvalue weighted by molar-refractivity contribution is -0.126. The van der Waals surface area contributed by atoms with Crippen molar-refractivity contribution in [2.75, 3.05) is 11.4 Å². The fourth-order valence-corrected chi connectivity index (χ4v) is 3.35. The summed E-state index contributed by atoms with van der Waals surface area (Å²) >= 11 is 0. The maximum Gasteiger partial charge on any atom is 0.268 e. The number of carbonyl (C=O) groups is 2. The number of para-hydroxylation sites is 2. The largest absolute Gasteiger partial charge is 0.478 e. The molecule has 0 aromatic heterocycles. The minimum absolute atomic E-state index is 0.0294. The predicted molar refractivity (Wildman–Crippen MR) is 88.5 cm³/mol. The fourth-order valence-electron chi connectivity index (χ4n) is 3.35. The van der Waals surface area contributed by atoms with Gasteiger partial charge >= 0.3 is 0 Å². The molecule has 2 aliphatic rings. The smallest absolute Gasteiger partial charge is 0.268 e. The second-order valence-corrected chi connectivity index (χ2v) is 6.27. The summed E-state index contributed by atoms with van der Waals surface area (Å²) in [4.78, 5) is 26.4. The summed E-state index contributed by atoms with van der Waals surface area (Å²) in [6, 6.07) is 7.84. The molecule has 1 aliphatic heterocycles. The number of nitrogens with one attached hydrogen (secondary N) is 1. The highest BCUT2D eigenvalue weighted by Gasteiger charge is 2.33. The molecule has 124 valence electrons. The van der Waals surface area contributed by atoms with Gasteiger partial charge in [0.1, 0.15) is 5.75 Å². The molecule has 23 heavy (non-hydrogen) atoms. The van der Waals surface area contributed by atoms with Crippen LogP contribution in [-0.4, -0.2) is 30.5 Å². The van der Waals surface area contributed by atoms with Crippen molar-refractivity contribution < 1.29 is 14.3 Å². The summed E-state index contributed by atoms with van der Waals surface area (Å²) in [6.07, 6.45) is 5.02. The third-order valence-corrected chi connectivity index (χ3v) is 4.62. The Hall–Kier alpha value is -2.04. The number of hydrogen-bond acceptors (Lipinski definition) is 3. The van der Waals surface area contributed by atoms with E-state index in [1.807, 2.05) is 31.2 Å². The van der Waals surface area contributed by atoms with Crippen LogP contribution in [-0.2, 0) is 9.59 Å². The Kier molecular flexibility index (Phi) is 4.84. The molecule has 1 fully saturated rings. The van der Waals surface area contributed by atoms with E-state index in [1.165, 1.54) is 12.8 Å². The average Bonchev–Trinajstić information content (AvgIpc) is 3.06. The average molecular weight is 316 g/mol. The minimum Gasteiger partial charge on any atom is -0.478 e. The van der Waals surface area contributed by atoms with Crippen LogP contribution in [0.25, 0.3) is 0 Å². The molecule has 1 heterocycles. The van der Waals surface area contributed by atoms with Gasteiger partial charge in [0.15, 0.2) is 6.10 Å². The number of amides is 2. The van der Waals surface area contributed by atoms with Gasteiger partial charge in [0.05, 0.1) is 5.69 Å².